The Balaban J connectivity index is 2.09. The maximum absolute atomic E-state index is 12.2. The molecule has 112 valence electrons. The lowest BCUT2D eigenvalue weighted by atomic mass is 9.81. The van der Waals surface area contributed by atoms with E-state index in [1.165, 1.54) is 6.92 Å². The quantitative estimate of drug-likeness (QED) is 0.785. The van der Waals surface area contributed by atoms with Crippen LogP contribution in [0, 0.1) is 11.8 Å². The first-order valence-electron chi connectivity index (χ1n) is 7.56. The van der Waals surface area contributed by atoms with E-state index in [1.807, 2.05) is 29.2 Å². The Morgan fingerprint density at radius 1 is 1.19 bits per heavy atom. The number of carbonyl (C=O) groups excluding carboxylic acids is 2. The molecule has 3 atom stereocenters. The normalized spacial score (nSPS) is 28.0. The van der Waals surface area contributed by atoms with Gasteiger partial charge in [0, 0.05) is 31.4 Å². The molecule has 2 aliphatic rings. The Morgan fingerprint density at radius 3 is 2.43 bits per heavy atom. The van der Waals surface area contributed by atoms with E-state index in [2.05, 4.69) is 6.92 Å². The monoisotopic (exact) mass is 287 g/mol. The van der Waals surface area contributed by atoms with Gasteiger partial charge in [0.25, 0.3) is 0 Å². The molecule has 1 saturated carbocycles. The zero-order chi connectivity index (χ0) is 15.1. The summed E-state index contributed by atoms with van der Waals surface area (Å²) in [6, 6.07) is 7.89. The predicted molar refractivity (Wildman–Crippen MR) is 79.8 cm³/mol. The minimum atomic E-state index is -0.271. The van der Waals surface area contributed by atoms with E-state index in [0.29, 0.717) is 5.92 Å². The summed E-state index contributed by atoms with van der Waals surface area (Å²) >= 11 is 0. The van der Waals surface area contributed by atoms with Crippen molar-refractivity contribution in [3.05, 3.63) is 29.8 Å². The van der Waals surface area contributed by atoms with Gasteiger partial charge in [-0.05, 0) is 24.8 Å². The number of hydrogen-bond donors (Lipinski definition) is 0. The number of para-hydroxylation sites is 1. The molecule has 2 unspecified atom stereocenters. The topological polar surface area (TPSA) is 46.6 Å². The second-order valence-electron chi connectivity index (χ2n) is 6.17. The third-order valence-electron chi connectivity index (χ3n) is 4.55. The summed E-state index contributed by atoms with van der Waals surface area (Å²) in [5.41, 5.74) is 1.83. The van der Waals surface area contributed by atoms with Crippen LogP contribution in [0.15, 0.2) is 24.3 Å². The second kappa shape index (κ2) is 5.17. The summed E-state index contributed by atoms with van der Waals surface area (Å²) in [6.07, 6.45) is 2.03. The van der Waals surface area contributed by atoms with Gasteiger partial charge in [-0.3, -0.25) is 9.59 Å². The number of ether oxygens (including phenoxy) is 1. The molecular weight excluding hydrogens is 266 g/mol. The van der Waals surface area contributed by atoms with Crippen molar-refractivity contribution in [2.24, 2.45) is 11.8 Å². The van der Waals surface area contributed by atoms with E-state index in [1.54, 1.807) is 6.92 Å². The summed E-state index contributed by atoms with van der Waals surface area (Å²) in [5, 5.41) is 0. The number of rotatable bonds is 2. The van der Waals surface area contributed by atoms with Crippen LogP contribution in [0.4, 0.5) is 5.69 Å². The van der Waals surface area contributed by atoms with Gasteiger partial charge in [-0.15, -0.1) is 0 Å². The van der Waals surface area contributed by atoms with Crippen LogP contribution in [0.5, 0.6) is 0 Å². The molecule has 21 heavy (non-hydrogen) atoms. The standard InChI is InChI=1S/C17H21NO3/c1-10-16(13-8-9-13)18(11(2)19)15-7-5-4-6-14(15)17(10)21-12(3)20/h4-7,10,13,16-17H,8-9H2,1-3H3/t10-,16?,17?/m0/s1. The van der Waals surface area contributed by atoms with Crippen LogP contribution in [0.2, 0.25) is 0 Å². The van der Waals surface area contributed by atoms with Crippen molar-refractivity contribution < 1.29 is 14.3 Å². The first kappa shape index (κ1) is 14.1. The lowest BCUT2D eigenvalue weighted by molar-refractivity contribution is -0.150. The SMILES string of the molecule is CC(=O)OC1c2ccccc2N(C(C)=O)C(C2CC2)[C@@H]1C. The Hall–Kier alpha value is -1.84. The lowest BCUT2D eigenvalue weighted by Gasteiger charge is -2.44. The number of esters is 1. The van der Waals surface area contributed by atoms with Crippen molar-refractivity contribution in [1.82, 2.24) is 0 Å². The van der Waals surface area contributed by atoms with Crippen molar-refractivity contribution in [2.45, 2.75) is 45.8 Å². The molecule has 1 aromatic rings. The van der Waals surface area contributed by atoms with Crippen molar-refractivity contribution >= 4 is 17.6 Å². The average Bonchev–Trinajstić information content (AvgIpc) is 3.25. The molecule has 1 aromatic carbocycles. The van der Waals surface area contributed by atoms with E-state index in [-0.39, 0.29) is 29.9 Å². The van der Waals surface area contributed by atoms with Crippen LogP contribution in [-0.4, -0.2) is 17.9 Å². The number of anilines is 1. The van der Waals surface area contributed by atoms with E-state index in [0.717, 1.165) is 24.1 Å². The van der Waals surface area contributed by atoms with Gasteiger partial charge in [-0.2, -0.15) is 0 Å². The van der Waals surface area contributed by atoms with Crippen molar-refractivity contribution in [2.75, 3.05) is 4.90 Å². The maximum atomic E-state index is 12.2. The number of benzene rings is 1. The number of fused-ring (bicyclic) bond motifs is 1. The minimum absolute atomic E-state index is 0.0625. The van der Waals surface area contributed by atoms with E-state index < -0.39 is 0 Å². The molecule has 0 saturated heterocycles. The van der Waals surface area contributed by atoms with Crippen LogP contribution in [-0.2, 0) is 14.3 Å². The zero-order valence-electron chi connectivity index (χ0n) is 12.7. The highest BCUT2D eigenvalue weighted by molar-refractivity contribution is 5.94. The van der Waals surface area contributed by atoms with E-state index in [4.69, 9.17) is 4.74 Å². The Kier molecular flexibility index (Phi) is 3.47. The maximum Gasteiger partial charge on any atom is 0.303 e. The molecule has 1 aliphatic heterocycles. The predicted octanol–water partition coefficient (Wildman–Crippen LogP) is 3.07. The Morgan fingerprint density at radius 2 is 1.86 bits per heavy atom. The molecule has 1 aliphatic carbocycles. The number of carbonyl (C=O) groups is 2. The molecule has 0 spiro atoms. The molecule has 0 N–H and O–H groups in total. The van der Waals surface area contributed by atoms with Crippen molar-refractivity contribution in [3.63, 3.8) is 0 Å². The molecule has 1 fully saturated rings. The molecule has 0 radical (unpaired) electrons. The van der Waals surface area contributed by atoms with Gasteiger partial charge >= 0.3 is 5.97 Å². The van der Waals surface area contributed by atoms with Crippen LogP contribution < -0.4 is 4.90 Å². The molecule has 3 rings (SSSR count). The summed E-state index contributed by atoms with van der Waals surface area (Å²) in [4.78, 5) is 25.6. The van der Waals surface area contributed by atoms with E-state index in [9.17, 15) is 9.59 Å². The second-order valence-corrected chi connectivity index (χ2v) is 6.17. The fraction of sp³-hybridized carbons (Fsp3) is 0.529. The van der Waals surface area contributed by atoms with Gasteiger partial charge in [0.1, 0.15) is 6.10 Å². The van der Waals surface area contributed by atoms with Crippen LogP contribution >= 0.6 is 0 Å². The van der Waals surface area contributed by atoms with Crippen LogP contribution in [0.25, 0.3) is 0 Å². The molecule has 1 heterocycles. The third-order valence-corrected chi connectivity index (χ3v) is 4.55. The number of hydrogen-bond acceptors (Lipinski definition) is 3. The molecule has 0 bridgehead atoms. The fourth-order valence-corrected chi connectivity index (χ4v) is 3.61. The highest BCUT2D eigenvalue weighted by Crippen LogP contribution is 2.50. The molecule has 1 amide bonds. The Bertz CT molecular complexity index is 579. The molecule has 0 aromatic heterocycles. The van der Waals surface area contributed by atoms with Gasteiger partial charge in [0.05, 0.1) is 5.69 Å². The van der Waals surface area contributed by atoms with Gasteiger partial charge in [-0.25, -0.2) is 0 Å². The fourth-order valence-electron chi connectivity index (χ4n) is 3.61. The minimum Gasteiger partial charge on any atom is -0.457 e. The smallest absolute Gasteiger partial charge is 0.303 e. The van der Waals surface area contributed by atoms with E-state index >= 15 is 0 Å². The first-order chi connectivity index (χ1) is 10.0. The summed E-state index contributed by atoms with van der Waals surface area (Å²) in [6.45, 7) is 5.15. The summed E-state index contributed by atoms with van der Waals surface area (Å²) in [7, 11) is 0. The number of amides is 1. The molecule has 4 nitrogen and oxygen atoms in total. The van der Waals surface area contributed by atoms with Gasteiger partial charge in [0.15, 0.2) is 0 Å². The molecular formula is C17H21NO3. The average molecular weight is 287 g/mol. The van der Waals surface area contributed by atoms with Crippen molar-refractivity contribution in [1.29, 1.82) is 0 Å². The van der Waals surface area contributed by atoms with Gasteiger partial charge in [0.2, 0.25) is 5.91 Å². The van der Waals surface area contributed by atoms with Gasteiger partial charge in [-0.1, -0.05) is 25.1 Å². The first-order valence-corrected chi connectivity index (χ1v) is 7.56. The summed E-state index contributed by atoms with van der Waals surface area (Å²) in [5.74, 6) is 0.426. The number of nitrogens with zero attached hydrogens (tertiary/aromatic N) is 1. The highest BCUT2D eigenvalue weighted by Gasteiger charge is 2.48. The largest absolute Gasteiger partial charge is 0.457 e. The van der Waals surface area contributed by atoms with Crippen molar-refractivity contribution in [3.8, 4) is 0 Å². The van der Waals surface area contributed by atoms with Gasteiger partial charge < -0.3 is 9.64 Å². The zero-order valence-corrected chi connectivity index (χ0v) is 12.7. The Labute approximate surface area is 125 Å². The van der Waals surface area contributed by atoms with Crippen LogP contribution in [0.1, 0.15) is 45.3 Å². The molecule has 4 heteroatoms. The lowest BCUT2D eigenvalue weighted by Crippen LogP contribution is -2.50. The highest BCUT2D eigenvalue weighted by atomic mass is 16.5. The summed E-state index contributed by atoms with van der Waals surface area (Å²) < 4.78 is 5.59. The third kappa shape index (κ3) is 2.43. The van der Waals surface area contributed by atoms with Crippen LogP contribution in [0.3, 0.4) is 0 Å².